The van der Waals surface area contributed by atoms with Crippen molar-refractivity contribution < 1.29 is 80.2 Å². The van der Waals surface area contributed by atoms with Crippen LogP contribution in [-0.4, -0.2) is 96.7 Å². The first kappa shape index (κ1) is 92.1. The molecule has 0 saturated carbocycles. The molecule has 0 aliphatic rings. The van der Waals surface area contributed by atoms with Crippen LogP contribution in [0.2, 0.25) is 0 Å². The molecule has 19 heteroatoms. The molecule has 0 aromatic carbocycles. The predicted octanol–water partition coefficient (Wildman–Crippen LogP) is 21.8. The average molecular weight is 1380 g/mol. The van der Waals surface area contributed by atoms with Crippen LogP contribution in [0.4, 0.5) is 0 Å². The Morgan fingerprint density at radius 1 is 0.287 bits per heavy atom. The minimum atomic E-state index is -4.96. The zero-order valence-corrected chi connectivity index (χ0v) is 63.2. The van der Waals surface area contributed by atoms with E-state index >= 15 is 0 Å². The molecule has 0 aromatic rings. The lowest BCUT2D eigenvalue weighted by atomic mass is 10.0. The number of carbonyl (C=O) groups excluding carboxylic acids is 4. The summed E-state index contributed by atoms with van der Waals surface area (Å²) in [6.45, 7) is 11.7. The number of phosphoric ester groups is 2. The van der Waals surface area contributed by atoms with E-state index in [4.69, 9.17) is 37.0 Å². The van der Waals surface area contributed by atoms with E-state index in [2.05, 4.69) is 48.5 Å². The first-order chi connectivity index (χ1) is 45.2. The van der Waals surface area contributed by atoms with Gasteiger partial charge in [0.2, 0.25) is 0 Å². The maximum atomic E-state index is 13.1. The quantitative estimate of drug-likeness (QED) is 0.0222. The zero-order chi connectivity index (χ0) is 69.4. The van der Waals surface area contributed by atoms with Crippen molar-refractivity contribution in [1.29, 1.82) is 0 Å². The van der Waals surface area contributed by atoms with Crippen molar-refractivity contribution in [2.24, 2.45) is 17.8 Å². The summed E-state index contributed by atoms with van der Waals surface area (Å²) < 4.78 is 68.4. The van der Waals surface area contributed by atoms with Gasteiger partial charge in [0.15, 0.2) is 12.2 Å². The van der Waals surface area contributed by atoms with Gasteiger partial charge in [0.05, 0.1) is 26.4 Å². The zero-order valence-electron chi connectivity index (χ0n) is 61.4. The highest BCUT2D eigenvalue weighted by atomic mass is 31.2. The summed E-state index contributed by atoms with van der Waals surface area (Å²) in [4.78, 5) is 72.6. The molecule has 0 amide bonds. The summed E-state index contributed by atoms with van der Waals surface area (Å²) in [5, 5.41) is 10.6. The van der Waals surface area contributed by atoms with Gasteiger partial charge in [-0.3, -0.25) is 37.3 Å². The lowest BCUT2D eigenvalue weighted by molar-refractivity contribution is -0.161. The maximum absolute atomic E-state index is 13.1. The second kappa shape index (κ2) is 65.7. The number of hydrogen-bond acceptors (Lipinski definition) is 15. The number of aliphatic hydroxyl groups is 1. The van der Waals surface area contributed by atoms with Crippen LogP contribution in [0.1, 0.15) is 382 Å². The molecule has 94 heavy (non-hydrogen) atoms. The van der Waals surface area contributed by atoms with E-state index in [9.17, 15) is 43.2 Å². The molecule has 0 aliphatic heterocycles. The summed E-state index contributed by atoms with van der Waals surface area (Å²) in [6.07, 6.45) is 51.9. The fourth-order valence-corrected chi connectivity index (χ4v) is 13.0. The molecule has 3 N–H and O–H groups in total. The highest BCUT2D eigenvalue weighted by Gasteiger charge is 2.30. The first-order valence-electron chi connectivity index (χ1n) is 38.8. The van der Waals surface area contributed by atoms with Crippen molar-refractivity contribution in [2.75, 3.05) is 39.6 Å². The third-order valence-electron chi connectivity index (χ3n) is 17.4. The Hall–Kier alpha value is -1.94. The van der Waals surface area contributed by atoms with Crippen molar-refractivity contribution in [3.63, 3.8) is 0 Å². The topological polar surface area (TPSA) is 237 Å². The van der Waals surface area contributed by atoms with Gasteiger partial charge in [-0.1, -0.05) is 331 Å². The second-order valence-electron chi connectivity index (χ2n) is 28.5. The van der Waals surface area contributed by atoms with Crippen LogP contribution < -0.4 is 0 Å². The van der Waals surface area contributed by atoms with Gasteiger partial charge in [-0.15, -0.1) is 0 Å². The molecule has 0 radical (unpaired) electrons. The highest BCUT2D eigenvalue weighted by molar-refractivity contribution is 7.47. The van der Waals surface area contributed by atoms with E-state index in [0.717, 1.165) is 102 Å². The van der Waals surface area contributed by atoms with E-state index in [0.29, 0.717) is 37.5 Å². The number of rotatable bonds is 73. The Bertz CT molecular complexity index is 1840. The molecule has 0 heterocycles. The van der Waals surface area contributed by atoms with Gasteiger partial charge in [-0.25, -0.2) is 9.13 Å². The first-order valence-corrected chi connectivity index (χ1v) is 41.8. The monoisotopic (exact) mass is 1380 g/mol. The van der Waals surface area contributed by atoms with E-state index < -0.39 is 97.5 Å². The second-order valence-corrected chi connectivity index (χ2v) is 31.4. The Morgan fingerprint density at radius 2 is 0.489 bits per heavy atom. The van der Waals surface area contributed by atoms with Crippen LogP contribution in [0.5, 0.6) is 0 Å². The lowest BCUT2D eigenvalue weighted by Crippen LogP contribution is -2.30. The van der Waals surface area contributed by atoms with E-state index in [1.807, 2.05) is 0 Å². The lowest BCUT2D eigenvalue weighted by Gasteiger charge is -2.21. The molecule has 0 fully saturated rings. The van der Waals surface area contributed by atoms with Crippen LogP contribution in [0.15, 0.2) is 0 Å². The van der Waals surface area contributed by atoms with Crippen molar-refractivity contribution in [1.82, 2.24) is 0 Å². The van der Waals surface area contributed by atoms with Gasteiger partial charge in [0.1, 0.15) is 19.3 Å². The van der Waals surface area contributed by atoms with Gasteiger partial charge in [0.25, 0.3) is 0 Å². The average Bonchev–Trinajstić information content (AvgIpc) is 1.65. The Balaban J connectivity index is 5.19. The number of aliphatic hydroxyl groups excluding tert-OH is 1. The summed E-state index contributed by atoms with van der Waals surface area (Å²) in [7, 11) is -9.91. The van der Waals surface area contributed by atoms with E-state index in [1.165, 1.54) is 186 Å². The maximum Gasteiger partial charge on any atom is 0.472 e. The van der Waals surface area contributed by atoms with E-state index in [-0.39, 0.29) is 25.7 Å². The number of esters is 4. The van der Waals surface area contributed by atoms with Crippen molar-refractivity contribution in [2.45, 2.75) is 401 Å². The largest absolute Gasteiger partial charge is 0.472 e. The highest BCUT2D eigenvalue weighted by Crippen LogP contribution is 2.45. The fraction of sp³-hybridized carbons (Fsp3) is 0.947. The standard InChI is InChI=1S/C75H146O17P2/c1-8-9-10-11-12-13-14-15-16-17-18-19-20-21-24-28-31-34-44-51-58-74(79)91-70(62-85-72(77)56-49-42-33-30-27-25-22-23-26-29-32-39-46-53-66(2)3)64-89-93(81,82)87-60-69(76)61-88-94(83,84)90-65-71(92-75(80)59-52-45-38-36-41-48-55-68(6)7)63-86-73(78)57-50-43-37-35-40-47-54-67(4)5/h66-71,76H,8-65H2,1-7H3,(H,81,82)(H,83,84)/t69-,70-,71-/m1/s1. The molecule has 17 nitrogen and oxygen atoms in total. The molecule has 5 atom stereocenters. The minimum absolute atomic E-state index is 0.101. The van der Waals surface area contributed by atoms with Crippen LogP contribution >= 0.6 is 15.6 Å². The SMILES string of the molecule is CCCCCCCCCCCCCCCCCCCCCCC(=O)O[C@H](COC(=O)CCCCCCCCCCCCCCCC(C)C)COP(=O)(O)OC[C@@H](O)COP(=O)(O)OC[C@@H](COC(=O)CCCCCCCCC(C)C)OC(=O)CCCCCCCCC(C)C. The number of ether oxygens (including phenoxy) is 4. The van der Waals surface area contributed by atoms with Crippen LogP contribution in [0.25, 0.3) is 0 Å². The number of unbranched alkanes of at least 4 members (excludes halogenated alkanes) is 41. The predicted molar refractivity (Wildman–Crippen MR) is 381 cm³/mol. The summed E-state index contributed by atoms with van der Waals surface area (Å²) in [5.74, 6) is 0.0128. The fourth-order valence-electron chi connectivity index (χ4n) is 11.4. The van der Waals surface area contributed by atoms with E-state index in [1.54, 1.807) is 0 Å². The molecular formula is C75H146O17P2. The molecule has 0 aliphatic carbocycles. The molecular weight excluding hydrogens is 1230 g/mol. The number of carbonyl (C=O) groups is 4. The number of phosphoric acid groups is 2. The Morgan fingerprint density at radius 3 is 0.723 bits per heavy atom. The number of hydrogen-bond donors (Lipinski definition) is 3. The molecule has 0 saturated heterocycles. The summed E-state index contributed by atoms with van der Waals surface area (Å²) in [6, 6.07) is 0. The Labute approximate surface area is 575 Å². The van der Waals surface area contributed by atoms with Crippen molar-refractivity contribution >= 4 is 39.5 Å². The Kier molecular flexibility index (Phi) is 64.3. The normalized spacial score (nSPS) is 14.1. The summed E-state index contributed by atoms with van der Waals surface area (Å²) in [5.41, 5.74) is 0. The van der Waals surface area contributed by atoms with Crippen LogP contribution in [0.3, 0.4) is 0 Å². The van der Waals surface area contributed by atoms with Crippen molar-refractivity contribution in [3.8, 4) is 0 Å². The van der Waals surface area contributed by atoms with Gasteiger partial charge >= 0.3 is 39.5 Å². The van der Waals surface area contributed by atoms with Gasteiger partial charge < -0.3 is 33.8 Å². The van der Waals surface area contributed by atoms with Gasteiger partial charge in [-0.05, 0) is 43.4 Å². The third kappa shape index (κ3) is 68.6. The molecule has 0 aromatic heterocycles. The molecule has 2 unspecified atom stereocenters. The molecule has 558 valence electrons. The van der Waals surface area contributed by atoms with Gasteiger partial charge in [0, 0.05) is 25.7 Å². The van der Waals surface area contributed by atoms with Crippen LogP contribution in [0, 0.1) is 17.8 Å². The molecule has 0 rings (SSSR count). The molecule has 0 bridgehead atoms. The van der Waals surface area contributed by atoms with Gasteiger partial charge in [-0.2, -0.15) is 0 Å². The third-order valence-corrected chi connectivity index (χ3v) is 19.3. The molecule has 0 spiro atoms. The van der Waals surface area contributed by atoms with Crippen molar-refractivity contribution in [3.05, 3.63) is 0 Å². The minimum Gasteiger partial charge on any atom is -0.462 e. The smallest absolute Gasteiger partial charge is 0.462 e. The summed E-state index contributed by atoms with van der Waals surface area (Å²) >= 11 is 0. The van der Waals surface area contributed by atoms with Crippen LogP contribution in [-0.2, 0) is 65.4 Å².